The Morgan fingerprint density at radius 2 is 2.30 bits per heavy atom. The van der Waals surface area contributed by atoms with Gasteiger partial charge in [-0.3, -0.25) is 0 Å². The Morgan fingerprint density at radius 3 is 3.10 bits per heavy atom. The minimum atomic E-state index is -3.48. The van der Waals surface area contributed by atoms with Crippen LogP contribution in [0.25, 0.3) is 11.0 Å². The van der Waals surface area contributed by atoms with Gasteiger partial charge in [0.1, 0.15) is 15.9 Å². The maximum atomic E-state index is 12.7. The summed E-state index contributed by atoms with van der Waals surface area (Å²) in [6.07, 6.45) is 0.894. The van der Waals surface area contributed by atoms with Crippen LogP contribution in [0.2, 0.25) is 0 Å². The fraction of sp³-hybridized carbons (Fsp3) is 0.500. The fourth-order valence-electron chi connectivity index (χ4n) is 2.60. The molecule has 2 aromatic rings. The van der Waals surface area contributed by atoms with Crippen molar-refractivity contribution in [2.75, 3.05) is 26.7 Å². The van der Waals surface area contributed by atoms with Crippen LogP contribution in [0.4, 0.5) is 0 Å². The number of nitrogens with one attached hydrogen (secondary N) is 1. The monoisotopic (exact) mass is 312 g/mol. The average Bonchev–Trinajstić information content (AvgIpc) is 3.06. The second-order valence-corrected chi connectivity index (χ2v) is 7.40. The van der Waals surface area contributed by atoms with E-state index in [0.29, 0.717) is 30.0 Å². The van der Waals surface area contributed by atoms with Crippen LogP contribution in [-0.4, -0.2) is 48.2 Å². The van der Waals surface area contributed by atoms with Gasteiger partial charge in [0.15, 0.2) is 0 Å². The van der Waals surface area contributed by atoms with Crippen molar-refractivity contribution in [2.24, 2.45) is 5.92 Å². The highest BCUT2D eigenvalue weighted by atomic mass is 32.2. The van der Waals surface area contributed by atoms with E-state index in [0.717, 1.165) is 24.7 Å². The lowest BCUT2D eigenvalue weighted by Crippen LogP contribution is -2.30. The van der Waals surface area contributed by atoms with Crippen molar-refractivity contribution in [3.8, 4) is 0 Å². The standard InChI is InChI=1S/C12H16N4O2S2/c1-13-7-9-5-6-16(8-9)20(17,18)11-4-2-3-10-12(11)15-19-14-10/h2-4,9,13H,5-8H2,1H3/t9-/m1/s1. The van der Waals surface area contributed by atoms with Crippen LogP contribution in [0.3, 0.4) is 0 Å². The summed E-state index contributed by atoms with van der Waals surface area (Å²) in [5.41, 5.74) is 1.12. The van der Waals surface area contributed by atoms with Gasteiger partial charge in [-0.05, 0) is 38.1 Å². The minimum Gasteiger partial charge on any atom is -0.319 e. The van der Waals surface area contributed by atoms with Crippen molar-refractivity contribution in [3.05, 3.63) is 18.2 Å². The highest BCUT2D eigenvalue weighted by Crippen LogP contribution is 2.28. The summed E-state index contributed by atoms with van der Waals surface area (Å²) in [5.74, 6) is 0.377. The van der Waals surface area contributed by atoms with Gasteiger partial charge in [-0.1, -0.05) is 6.07 Å². The topological polar surface area (TPSA) is 75.2 Å². The van der Waals surface area contributed by atoms with Gasteiger partial charge in [0.25, 0.3) is 0 Å². The van der Waals surface area contributed by atoms with Crippen LogP contribution in [-0.2, 0) is 10.0 Å². The molecular weight excluding hydrogens is 296 g/mol. The number of aromatic nitrogens is 2. The number of nitrogens with zero attached hydrogens (tertiary/aromatic N) is 3. The average molecular weight is 312 g/mol. The molecule has 1 aliphatic rings. The van der Waals surface area contributed by atoms with Crippen molar-refractivity contribution in [2.45, 2.75) is 11.3 Å². The fourth-order valence-corrected chi connectivity index (χ4v) is 4.88. The van der Waals surface area contributed by atoms with Crippen molar-refractivity contribution >= 4 is 32.8 Å². The zero-order valence-electron chi connectivity index (χ0n) is 11.1. The minimum absolute atomic E-state index is 0.272. The second kappa shape index (κ2) is 5.36. The number of hydrogen-bond acceptors (Lipinski definition) is 6. The first kappa shape index (κ1) is 13.9. The Hall–Kier alpha value is -1.09. The first-order chi connectivity index (χ1) is 9.63. The third kappa shape index (κ3) is 2.32. The Morgan fingerprint density at radius 1 is 1.45 bits per heavy atom. The van der Waals surface area contributed by atoms with Gasteiger partial charge in [0, 0.05) is 13.1 Å². The number of fused-ring (bicyclic) bond motifs is 1. The zero-order valence-corrected chi connectivity index (χ0v) is 12.7. The summed E-state index contributed by atoms with van der Waals surface area (Å²) >= 11 is 1.04. The molecule has 0 bridgehead atoms. The van der Waals surface area contributed by atoms with Crippen molar-refractivity contribution < 1.29 is 8.42 Å². The van der Waals surface area contributed by atoms with Crippen LogP contribution in [0, 0.1) is 5.92 Å². The van der Waals surface area contributed by atoms with E-state index in [9.17, 15) is 8.42 Å². The lowest BCUT2D eigenvalue weighted by molar-refractivity contribution is 0.451. The van der Waals surface area contributed by atoms with E-state index in [-0.39, 0.29) is 4.90 Å². The third-order valence-corrected chi connectivity index (χ3v) is 6.05. The number of hydrogen-bond donors (Lipinski definition) is 1. The first-order valence-corrected chi connectivity index (χ1v) is 8.66. The predicted molar refractivity (Wildman–Crippen MR) is 78.2 cm³/mol. The molecule has 8 heteroatoms. The summed E-state index contributed by atoms with van der Waals surface area (Å²) in [4.78, 5) is 0.272. The number of sulfonamides is 1. The van der Waals surface area contributed by atoms with Gasteiger partial charge in [-0.25, -0.2) is 8.42 Å². The molecule has 6 nitrogen and oxygen atoms in total. The van der Waals surface area contributed by atoms with Crippen LogP contribution < -0.4 is 5.32 Å². The highest BCUT2D eigenvalue weighted by molar-refractivity contribution is 7.89. The van der Waals surface area contributed by atoms with E-state index in [2.05, 4.69) is 14.1 Å². The van der Waals surface area contributed by atoms with Crippen molar-refractivity contribution in [3.63, 3.8) is 0 Å². The van der Waals surface area contributed by atoms with Crippen molar-refractivity contribution in [1.29, 1.82) is 0 Å². The first-order valence-electron chi connectivity index (χ1n) is 6.49. The molecule has 20 heavy (non-hydrogen) atoms. The van der Waals surface area contributed by atoms with Crippen LogP contribution in [0.1, 0.15) is 6.42 Å². The van der Waals surface area contributed by atoms with E-state index in [1.54, 1.807) is 22.5 Å². The van der Waals surface area contributed by atoms with Crippen LogP contribution in [0.15, 0.2) is 23.1 Å². The Bertz CT molecular complexity index is 713. The molecule has 1 aromatic heterocycles. The van der Waals surface area contributed by atoms with Gasteiger partial charge in [0.05, 0.1) is 11.7 Å². The molecule has 0 spiro atoms. The number of rotatable bonds is 4. The van der Waals surface area contributed by atoms with Crippen molar-refractivity contribution in [1.82, 2.24) is 18.4 Å². The summed E-state index contributed by atoms with van der Waals surface area (Å²) in [5, 5.41) is 3.10. The molecule has 1 aromatic carbocycles. The highest BCUT2D eigenvalue weighted by Gasteiger charge is 2.33. The Kier molecular flexibility index (Phi) is 3.72. The lowest BCUT2D eigenvalue weighted by atomic mass is 10.1. The molecule has 1 saturated heterocycles. The molecule has 0 unspecified atom stereocenters. The quantitative estimate of drug-likeness (QED) is 0.908. The van der Waals surface area contributed by atoms with Crippen LogP contribution in [0.5, 0.6) is 0 Å². The molecule has 1 aliphatic heterocycles. The predicted octanol–water partition coefficient (Wildman–Crippen LogP) is 0.921. The Labute approximate surface area is 122 Å². The molecule has 0 amide bonds. The van der Waals surface area contributed by atoms with Gasteiger partial charge in [-0.15, -0.1) is 0 Å². The summed E-state index contributed by atoms with van der Waals surface area (Å²) < 4.78 is 35.3. The van der Waals surface area contributed by atoms with E-state index in [4.69, 9.17) is 0 Å². The summed E-state index contributed by atoms with van der Waals surface area (Å²) in [7, 11) is -1.59. The second-order valence-electron chi connectivity index (χ2n) is 4.96. The maximum Gasteiger partial charge on any atom is 0.245 e. The number of benzene rings is 1. The summed E-state index contributed by atoms with van der Waals surface area (Å²) in [6, 6.07) is 5.12. The van der Waals surface area contributed by atoms with E-state index < -0.39 is 10.0 Å². The van der Waals surface area contributed by atoms with Gasteiger partial charge in [-0.2, -0.15) is 13.1 Å². The molecule has 0 saturated carbocycles. The van der Waals surface area contributed by atoms with E-state index in [1.165, 1.54) is 0 Å². The smallest absolute Gasteiger partial charge is 0.245 e. The molecule has 2 heterocycles. The normalized spacial score (nSPS) is 20.8. The molecule has 1 atom stereocenters. The van der Waals surface area contributed by atoms with Crippen LogP contribution >= 0.6 is 11.7 Å². The van der Waals surface area contributed by atoms with Gasteiger partial charge >= 0.3 is 0 Å². The maximum absolute atomic E-state index is 12.7. The molecule has 0 radical (unpaired) electrons. The zero-order chi connectivity index (χ0) is 14.2. The lowest BCUT2D eigenvalue weighted by Gasteiger charge is -2.16. The SMILES string of the molecule is CNC[C@H]1CCN(S(=O)(=O)c2cccc3nsnc23)C1. The molecule has 1 fully saturated rings. The molecular formula is C12H16N4O2S2. The Balaban J connectivity index is 1.95. The molecule has 3 rings (SSSR count). The molecule has 1 N–H and O–H groups in total. The van der Waals surface area contributed by atoms with E-state index >= 15 is 0 Å². The molecule has 0 aliphatic carbocycles. The van der Waals surface area contributed by atoms with E-state index in [1.807, 2.05) is 7.05 Å². The van der Waals surface area contributed by atoms with Gasteiger partial charge in [0.2, 0.25) is 10.0 Å². The largest absolute Gasteiger partial charge is 0.319 e. The molecule has 108 valence electrons. The van der Waals surface area contributed by atoms with Gasteiger partial charge < -0.3 is 5.32 Å². The third-order valence-electron chi connectivity index (χ3n) is 3.61. The summed E-state index contributed by atoms with van der Waals surface area (Å²) in [6.45, 7) is 1.98.